The van der Waals surface area contributed by atoms with E-state index < -0.39 is 0 Å². The molecule has 0 aliphatic heterocycles. The Bertz CT molecular complexity index is 818. The lowest BCUT2D eigenvalue weighted by molar-refractivity contribution is 0.727. The largest absolute Gasteiger partial charge is 0.380 e. The molecule has 0 saturated carbocycles. The lowest BCUT2D eigenvalue weighted by atomic mass is 10.1. The number of nitrogens with zero attached hydrogens (tertiary/aromatic N) is 2. The molecule has 0 radical (unpaired) electrons. The van der Waals surface area contributed by atoms with E-state index in [-0.39, 0.29) is 5.56 Å². The van der Waals surface area contributed by atoms with Gasteiger partial charge < -0.3 is 9.88 Å². The molecule has 106 valence electrons. The Balaban J connectivity index is 1.85. The van der Waals surface area contributed by atoms with Gasteiger partial charge in [-0.05, 0) is 23.9 Å². The zero-order valence-corrected chi connectivity index (χ0v) is 11.9. The van der Waals surface area contributed by atoms with Crippen molar-refractivity contribution >= 4 is 16.5 Å². The van der Waals surface area contributed by atoms with E-state index in [0.29, 0.717) is 13.1 Å². The Kier molecular flexibility index (Phi) is 3.69. The Morgan fingerprint density at radius 1 is 1.14 bits per heavy atom. The summed E-state index contributed by atoms with van der Waals surface area (Å²) in [7, 11) is 0. The number of benzene rings is 1. The van der Waals surface area contributed by atoms with Crippen LogP contribution >= 0.6 is 0 Å². The molecule has 0 atom stereocenters. The van der Waals surface area contributed by atoms with Crippen molar-refractivity contribution in [2.24, 2.45) is 0 Å². The predicted octanol–water partition coefficient (Wildman–Crippen LogP) is 3.03. The van der Waals surface area contributed by atoms with Crippen molar-refractivity contribution in [3.8, 4) is 0 Å². The van der Waals surface area contributed by atoms with E-state index in [9.17, 15) is 4.79 Å². The molecule has 1 aromatic carbocycles. The molecular weight excluding hydrogens is 262 g/mol. The van der Waals surface area contributed by atoms with Gasteiger partial charge in [-0.1, -0.05) is 24.3 Å². The first kappa shape index (κ1) is 13.4. The molecule has 3 aromatic rings. The zero-order chi connectivity index (χ0) is 14.7. The quantitative estimate of drug-likeness (QED) is 0.798. The Hall–Kier alpha value is -2.62. The molecule has 4 heteroatoms. The van der Waals surface area contributed by atoms with Crippen LogP contribution in [0.25, 0.3) is 10.8 Å². The first-order valence-electron chi connectivity index (χ1n) is 7.04. The van der Waals surface area contributed by atoms with Crippen LogP contribution in [0.1, 0.15) is 12.5 Å². The third-order valence-corrected chi connectivity index (χ3v) is 3.56. The number of aromatic nitrogens is 2. The van der Waals surface area contributed by atoms with E-state index in [4.69, 9.17) is 0 Å². The van der Waals surface area contributed by atoms with Crippen LogP contribution in [-0.2, 0) is 13.1 Å². The number of hydrogen-bond acceptors (Lipinski definition) is 3. The Morgan fingerprint density at radius 2 is 2.00 bits per heavy atom. The lowest BCUT2D eigenvalue weighted by Crippen LogP contribution is -2.17. The molecule has 0 fully saturated rings. The van der Waals surface area contributed by atoms with Crippen LogP contribution in [0.5, 0.6) is 0 Å². The summed E-state index contributed by atoms with van der Waals surface area (Å²) >= 11 is 0. The number of aryl methyl sites for hydroxylation is 1. The van der Waals surface area contributed by atoms with Crippen LogP contribution in [0.3, 0.4) is 0 Å². The van der Waals surface area contributed by atoms with Crippen molar-refractivity contribution in [2.75, 3.05) is 5.32 Å². The average Bonchev–Trinajstić information content (AvgIpc) is 2.54. The van der Waals surface area contributed by atoms with Crippen molar-refractivity contribution in [1.29, 1.82) is 0 Å². The van der Waals surface area contributed by atoms with E-state index >= 15 is 0 Å². The Morgan fingerprint density at radius 3 is 2.86 bits per heavy atom. The second-order valence-corrected chi connectivity index (χ2v) is 4.92. The highest BCUT2D eigenvalue weighted by Gasteiger charge is 2.02. The average molecular weight is 279 g/mol. The predicted molar refractivity (Wildman–Crippen MR) is 85.4 cm³/mol. The fraction of sp³-hybridized carbons (Fsp3) is 0.176. The maximum atomic E-state index is 11.6. The van der Waals surface area contributed by atoms with Crippen molar-refractivity contribution < 1.29 is 0 Å². The number of hydrogen-bond donors (Lipinski definition) is 1. The van der Waals surface area contributed by atoms with Gasteiger partial charge in [0, 0.05) is 43.1 Å². The third-order valence-electron chi connectivity index (χ3n) is 3.56. The standard InChI is InChI=1S/C17H17N3O/c1-2-20-12-15(7-8-17(20)21)19-11-14-10-18-9-13-5-3-4-6-16(13)14/h3-10,12,19H,2,11H2,1H3. The summed E-state index contributed by atoms with van der Waals surface area (Å²) in [6.45, 7) is 3.31. The molecule has 1 N–H and O–H groups in total. The lowest BCUT2D eigenvalue weighted by Gasteiger charge is -2.10. The SMILES string of the molecule is CCn1cc(NCc2cncc3ccccc23)ccc1=O. The van der Waals surface area contributed by atoms with Gasteiger partial charge in [0.1, 0.15) is 0 Å². The summed E-state index contributed by atoms with van der Waals surface area (Å²) in [6, 6.07) is 11.6. The van der Waals surface area contributed by atoms with Gasteiger partial charge in [-0.25, -0.2) is 0 Å². The highest BCUT2D eigenvalue weighted by atomic mass is 16.1. The normalized spacial score (nSPS) is 10.7. The van der Waals surface area contributed by atoms with Crippen molar-refractivity contribution in [3.05, 3.63) is 70.9 Å². The van der Waals surface area contributed by atoms with Crippen LogP contribution in [0.15, 0.2) is 59.8 Å². The minimum Gasteiger partial charge on any atom is -0.380 e. The second kappa shape index (κ2) is 5.79. The highest BCUT2D eigenvalue weighted by Crippen LogP contribution is 2.18. The first-order valence-corrected chi connectivity index (χ1v) is 7.04. The maximum Gasteiger partial charge on any atom is 0.250 e. The van der Waals surface area contributed by atoms with Gasteiger partial charge in [0.2, 0.25) is 0 Å². The minimum absolute atomic E-state index is 0.0230. The minimum atomic E-state index is 0.0230. The van der Waals surface area contributed by atoms with Crippen molar-refractivity contribution in [1.82, 2.24) is 9.55 Å². The van der Waals surface area contributed by atoms with Gasteiger partial charge >= 0.3 is 0 Å². The first-order chi connectivity index (χ1) is 10.3. The van der Waals surface area contributed by atoms with E-state index in [1.54, 1.807) is 10.6 Å². The second-order valence-electron chi connectivity index (χ2n) is 4.92. The fourth-order valence-corrected chi connectivity index (χ4v) is 2.40. The van der Waals surface area contributed by atoms with Gasteiger partial charge in [-0.2, -0.15) is 0 Å². The molecule has 2 heterocycles. The molecule has 0 unspecified atom stereocenters. The van der Waals surface area contributed by atoms with Crippen LogP contribution in [-0.4, -0.2) is 9.55 Å². The highest BCUT2D eigenvalue weighted by molar-refractivity contribution is 5.84. The van der Waals surface area contributed by atoms with Crippen LogP contribution in [0.2, 0.25) is 0 Å². The van der Waals surface area contributed by atoms with E-state index in [0.717, 1.165) is 16.6 Å². The molecule has 0 aliphatic carbocycles. The summed E-state index contributed by atoms with van der Waals surface area (Å²) in [5.74, 6) is 0. The third kappa shape index (κ3) is 2.79. The van der Waals surface area contributed by atoms with Gasteiger partial charge in [-0.3, -0.25) is 9.78 Å². The van der Waals surface area contributed by atoms with Gasteiger partial charge in [0.25, 0.3) is 5.56 Å². The van der Waals surface area contributed by atoms with E-state index in [1.807, 2.05) is 43.7 Å². The molecule has 0 spiro atoms. The summed E-state index contributed by atoms with van der Waals surface area (Å²) in [5, 5.41) is 5.69. The molecule has 0 saturated heterocycles. The topological polar surface area (TPSA) is 46.9 Å². The molecule has 3 rings (SSSR count). The van der Waals surface area contributed by atoms with Crippen LogP contribution in [0.4, 0.5) is 5.69 Å². The molecular formula is C17H17N3O. The van der Waals surface area contributed by atoms with Crippen LogP contribution < -0.4 is 10.9 Å². The van der Waals surface area contributed by atoms with Crippen molar-refractivity contribution in [2.45, 2.75) is 20.0 Å². The van der Waals surface area contributed by atoms with Gasteiger partial charge in [-0.15, -0.1) is 0 Å². The van der Waals surface area contributed by atoms with E-state index in [2.05, 4.69) is 22.4 Å². The molecule has 0 bridgehead atoms. The smallest absolute Gasteiger partial charge is 0.250 e. The summed E-state index contributed by atoms with van der Waals surface area (Å²) < 4.78 is 1.68. The van der Waals surface area contributed by atoms with Gasteiger partial charge in [0.05, 0.1) is 5.69 Å². The fourth-order valence-electron chi connectivity index (χ4n) is 2.40. The van der Waals surface area contributed by atoms with Crippen LogP contribution in [0, 0.1) is 0 Å². The number of pyridine rings is 2. The monoisotopic (exact) mass is 279 g/mol. The molecule has 0 amide bonds. The van der Waals surface area contributed by atoms with Crippen molar-refractivity contribution in [3.63, 3.8) is 0 Å². The summed E-state index contributed by atoms with van der Waals surface area (Å²) in [5.41, 5.74) is 2.10. The summed E-state index contributed by atoms with van der Waals surface area (Å²) in [4.78, 5) is 15.9. The van der Waals surface area contributed by atoms with Gasteiger partial charge in [0.15, 0.2) is 0 Å². The zero-order valence-electron chi connectivity index (χ0n) is 11.9. The maximum absolute atomic E-state index is 11.6. The van der Waals surface area contributed by atoms with E-state index in [1.165, 1.54) is 5.39 Å². The molecule has 2 aromatic heterocycles. The molecule has 0 aliphatic rings. The molecule has 4 nitrogen and oxygen atoms in total. The number of anilines is 1. The number of nitrogens with one attached hydrogen (secondary N) is 1. The summed E-state index contributed by atoms with van der Waals surface area (Å²) in [6.07, 6.45) is 5.60. The number of fused-ring (bicyclic) bond motifs is 1. The Labute approximate surface area is 123 Å². The molecule has 21 heavy (non-hydrogen) atoms. The number of rotatable bonds is 4.